The summed E-state index contributed by atoms with van der Waals surface area (Å²) in [5.41, 5.74) is -0.142. The van der Waals surface area contributed by atoms with Crippen LogP contribution in [0.2, 0.25) is 0 Å². The van der Waals surface area contributed by atoms with Crippen molar-refractivity contribution >= 4 is 0 Å². The predicted molar refractivity (Wildman–Crippen MR) is 99.8 cm³/mol. The highest BCUT2D eigenvalue weighted by Gasteiger charge is 2.57. The average molecular weight is 362 g/mol. The fourth-order valence-corrected chi connectivity index (χ4v) is 5.62. The van der Waals surface area contributed by atoms with E-state index in [0.29, 0.717) is 13.0 Å². The van der Waals surface area contributed by atoms with Crippen molar-refractivity contribution in [2.24, 2.45) is 22.7 Å². The van der Waals surface area contributed by atoms with Gasteiger partial charge in [-0.1, -0.05) is 26.0 Å². The van der Waals surface area contributed by atoms with Gasteiger partial charge in [0.1, 0.15) is 0 Å². The normalized spacial score (nSPS) is 37.4. The van der Waals surface area contributed by atoms with Crippen LogP contribution in [-0.2, 0) is 6.54 Å². The van der Waals surface area contributed by atoms with Gasteiger partial charge in [0.25, 0.3) is 5.56 Å². The van der Waals surface area contributed by atoms with E-state index in [1.807, 2.05) is 6.92 Å². The Hall–Kier alpha value is -1.66. The first kappa shape index (κ1) is 19.1. The van der Waals surface area contributed by atoms with Gasteiger partial charge in [0.05, 0.1) is 12.7 Å². The molecule has 1 aromatic rings. The van der Waals surface area contributed by atoms with Crippen LogP contribution in [-0.4, -0.2) is 32.5 Å². The van der Waals surface area contributed by atoms with Gasteiger partial charge in [-0.05, 0) is 49.4 Å². The van der Waals surface area contributed by atoms with Gasteiger partial charge in [-0.2, -0.15) is 0 Å². The van der Waals surface area contributed by atoms with Gasteiger partial charge in [0.15, 0.2) is 0 Å². The number of hydrogen-bond donors (Lipinski definition) is 3. The molecular weight excluding hydrogens is 332 g/mol. The van der Waals surface area contributed by atoms with Gasteiger partial charge in [-0.25, -0.2) is 4.79 Å². The molecule has 26 heavy (non-hydrogen) atoms. The Morgan fingerprint density at radius 1 is 1.35 bits per heavy atom. The van der Waals surface area contributed by atoms with Crippen LogP contribution in [0.3, 0.4) is 0 Å². The topological polar surface area (TPSA) is 95.3 Å². The number of aromatic amines is 1. The zero-order valence-corrected chi connectivity index (χ0v) is 15.7. The molecule has 1 unspecified atom stereocenters. The third-order valence-electron chi connectivity index (χ3n) is 7.25. The first-order valence-corrected chi connectivity index (χ1v) is 9.49. The lowest BCUT2D eigenvalue weighted by atomic mass is 9.46. The standard InChI is InChI=1S/C20H30N2O4/c1-13-4-5-15-19(2,9-6-16(24)20(15,3)12-23)14(13)7-10-22-11-8-17(25)21-18(22)26/h8,11,14-16,23-24H,1,4-7,9-10,12H2,2-3H3,(H,21,25,26)/t14-,15?,16-,19+,20+/m1/s1. The molecule has 0 bridgehead atoms. The van der Waals surface area contributed by atoms with Crippen molar-refractivity contribution in [3.05, 3.63) is 45.3 Å². The molecule has 0 amide bonds. The van der Waals surface area contributed by atoms with Gasteiger partial charge in [0.2, 0.25) is 0 Å². The van der Waals surface area contributed by atoms with Crippen LogP contribution >= 0.6 is 0 Å². The van der Waals surface area contributed by atoms with E-state index in [9.17, 15) is 19.8 Å². The lowest BCUT2D eigenvalue weighted by Gasteiger charge is -2.60. The largest absolute Gasteiger partial charge is 0.396 e. The van der Waals surface area contributed by atoms with E-state index in [4.69, 9.17) is 0 Å². The summed E-state index contributed by atoms with van der Waals surface area (Å²) in [6.45, 7) is 9.05. The number of nitrogens with one attached hydrogen (secondary N) is 1. The van der Waals surface area contributed by atoms with Crippen LogP contribution in [0, 0.1) is 22.7 Å². The number of fused-ring (bicyclic) bond motifs is 1. The van der Waals surface area contributed by atoms with E-state index in [2.05, 4.69) is 18.5 Å². The Bertz CT molecular complexity index is 797. The lowest BCUT2D eigenvalue weighted by Crippen LogP contribution is -2.57. The van der Waals surface area contributed by atoms with Crippen LogP contribution in [0.1, 0.15) is 46.0 Å². The van der Waals surface area contributed by atoms with Crippen molar-refractivity contribution in [1.29, 1.82) is 0 Å². The highest BCUT2D eigenvalue weighted by molar-refractivity contribution is 5.17. The maximum atomic E-state index is 12.0. The minimum absolute atomic E-state index is 0.0208. The SMILES string of the molecule is C=C1CCC2[C@](C)(CO)[C@H](O)CC[C@@]2(C)[C@@H]1CCn1ccc(=O)[nH]c1=O. The molecule has 2 fully saturated rings. The second kappa shape index (κ2) is 6.82. The third-order valence-corrected chi connectivity index (χ3v) is 7.25. The minimum Gasteiger partial charge on any atom is -0.396 e. The summed E-state index contributed by atoms with van der Waals surface area (Å²) in [5, 5.41) is 20.6. The molecule has 1 aromatic heterocycles. The molecule has 144 valence electrons. The Labute approximate surface area is 153 Å². The monoisotopic (exact) mass is 362 g/mol. The summed E-state index contributed by atoms with van der Waals surface area (Å²) in [5.74, 6) is 0.435. The Balaban J connectivity index is 1.87. The minimum atomic E-state index is -0.499. The summed E-state index contributed by atoms with van der Waals surface area (Å²) >= 11 is 0. The number of aliphatic hydroxyl groups excluding tert-OH is 2. The van der Waals surface area contributed by atoms with Crippen LogP contribution in [0.4, 0.5) is 0 Å². The molecule has 3 N–H and O–H groups in total. The molecule has 2 aliphatic carbocycles. The molecular formula is C20H30N2O4. The summed E-state index contributed by atoms with van der Waals surface area (Å²) in [4.78, 5) is 25.5. The Morgan fingerprint density at radius 2 is 2.08 bits per heavy atom. The highest BCUT2D eigenvalue weighted by atomic mass is 16.3. The number of allylic oxidation sites excluding steroid dienone is 1. The fraction of sp³-hybridized carbons (Fsp3) is 0.700. The Kier molecular flexibility index (Phi) is 5.01. The van der Waals surface area contributed by atoms with Gasteiger partial charge < -0.3 is 14.8 Å². The number of aromatic nitrogens is 2. The molecule has 0 spiro atoms. The van der Waals surface area contributed by atoms with E-state index < -0.39 is 11.5 Å². The number of aryl methyl sites for hydroxylation is 1. The maximum absolute atomic E-state index is 12.0. The zero-order valence-electron chi connectivity index (χ0n) is 15.7. The molecule has 6 heteroatoms. The first-order chi connectivity index (χ1) is 12.2. The van der Waals surface area contributed by atoms with Crippen molar-refractivity contribution in [1.82, 2.24) is 9.55 Å². The van der Waals surface area contributed by atoms with Crippen molar-refractivity contribution in [3.63, 3.8) is 0 Å². The van der Waals surface area contributed by atoms with Crippen LogP contribution in [0.25, 0.3) is 0 Å². The van der Waals surface area contributed by atoms with Crippen molar-refractivity contribution < 1.29 is 10.2 Å². The highest BCUT2D eigenvalue weighted by Crippen LogP contribution is 2.61. The molecule has 2 saturated carbocycles. The molecule has 3 rings (SSSR count). The molecule has 0 saturated heterocycles. The molecule has 2 aliphatic rings. The van der Waals surface area contributed by atoms with Gasteiger partial charge >= 0.3 is 5.69 Å². The van der Waals surface area contributed by atoms with E-state index in [1.165, 1.54) is 22.4 Å². The summed E-state index contributed by atoms with van der Waals surface area (Å²) in [7, 11) is 0. The van der Waals surface area contributed by atoms with Gasteiger partial charge in [-0.15, -0.1) is 0 Å². The van der Waals surface area contributed by atoms with E-state index in [-0.39, 0.29) is 35.1 Å². The summed E-state index contributed by atoms with van der Waals surface area (Å²) < 4.78 is 1.53. The van der Waals surface area contributed by atoms with E-state index in [0.717, 1.165) is 25.7 Å². The van der Waals surface area contributed by atoms with Crippen LogP contribution < -0.4 is 11.2 Å². The quantitative estimate of drug-likeness (QED) is 0.710. The molecule has 0 aliphatic heterocycles. The van der Waals surface area contributed by atoms with Gasteiger partial charge in [-0.3, -0.25) is 9.78 Å². The number of nitrogens with zero attached hydrogens (tertiary/aromatic N) is 1. The van der Waals surface area contributed by atoms with Crippen LogP contribution in [0.5, 0.6) is 0 Å². The first-order valence-electron chi connectivity index (χ1n) is 9.49. The molecule has 0 aromatic carbocycles. The number of aliphatic hydroxyl groups is 2. The maximum Gasteiger partial charge on any atom is 0.328 e. The second-order valence-electron chi connectivity index (χ2n) is 8.62. The van der Waals surface area contributed by atoms with Gasteiger partial charge in [0, 0.05) is 24.2 Å². The number of hydrogen-bond acceptors (Lipinski definition) is 4. The molecule has 0 radical (unpaired) electrons. The van der Waals surface area contributed by atoms with E-state index in [1.54, 1.807) is 0 Å². The number of rotatable bonds is 4. The summed E-state index contributed by atoms with van der Waals surface area (Å²) in [6, 6.07) is 1.36. The number of H-pyrrole nitrogens is 1. The zero-order chi connectivity index (χ0) is 19.1. The fourth-order valence-electron chi connectivity index (χ4n) is 5.62. The summed E-state index contributed by atoms with van der Waals surface area (Å²) in [6.07, 6.45) is 5.18. The van der Waals surface area contributed by atoms with Crippen molar-refractivity contribution in [2.45, 2.75) is 58.6 Å². The smallest absolute Gasteiger partial charge is 0.328 e. The van der Waals surface area contributed by atoms with Crippen molar-refractivity contribution in [2.75, 3.05) is 6.61 Å². The lowest BCUT2D eigenvalue weighted by molar-refractivity contribution is -0.152. The third kappa shape index (κ3) is 2.99. The average Bonchev–Trinajstić information content (AvgIpc) is 2.59. The molecule has 5 atom stereocenters. The van der Waals surface area contributed by atoms with Crippen LogP contribution in [0.15, 0.2) is 34.0 Å². The Morgan fingerprint density at radius 3 is 2.73 bits per heavy atom. The van der Waals surface area contributed by atoms with E-state index >= 15 is 0 Å². The molecule has 6 nitrogen and oxygen atoms in total. The second-order valence-corrected chi connectivity index (χ2v) is 8.62. The van der Waals surface area contributed by atoms with Crippen molar-refractivity contribution in [3.8, 4) is 0 Å². The molecule has 1 heterocycles. The predicted octanol–water partition coefficient (Wildman–Crippen LogP) is 1.67.